The largest absolute Gasteiger partial charge is 0.485 e. The Morgan fingerprint density at radius 3 is 2.78 bits per heavy atom. The van der Waals surface area contributed by atoms with Crippen molar-refractivity contribution in [2.45, 2.75) is 36.9 Å². The minimum atomic E-state index is -0.336. The summed E-state index contributed by atoms with van der Waals surface area (Å²) in [5, 5.41) is 17.4. The fourth-order valence-corrected chi connectivity index (χ4v) is 3.50. The number of para-hydroxylation sites is 2. The molecule has 0 unspecified atom stereocenters. The van der Waals surface area contributed by atoms with Crippen molar-refractivity contribution in [1.29, 1.82) is 0 Å². The maximum Gasteiger partial charge on any atom is 0.226 e. The lowest BCUT2D eigenvalue weighted by Crippen LogP contribution is -2.25. The fourth-order valence-electron chi connectivity index (χ4n) is 2.71. The molecule has 3 heterocycles. The van der Waals surface area contributed by atoms with Crippen molar-refractivity contribution in [3.8, 4) is 11.5 Å². The number of hydrogen-bond donors (Lipinski definition) is 0. The van der Waals surface area contributed by atoms with E-state index < -0.39 is 0 Å². The number of aromatic nitrogens is 5. The number of nitrogens with zero attached hydrogens (tertiary/aromatic N) is 5. The van der Waals surface area contributed by atoms with Crippen LogP contribution in [-0.4, -0.2) is 31.6 Å². The van der Waals surface area contributed by atoms with Crippen molar-refractivity contribution in [2.24, 2.45) is 0 Å². The van der Waals surface area contributed by atoms with Gasteiger partial charge in [-0.05, 0) is 12.1 Å². The lowest BCUT2D eigenvalue weighted by molar-refractivity contribution is 0.0821. The van der Waals surface area contributed by atoms with E-state index in [-0.39, 0.29) is 6.10 Å². The molecule has 27 heavy (non-hydrogen) atoms. The number of aryl methyl sites for hydroxylation is 1. The summed E-state index contributed by atoms with van der Waals surface area (Å²) in [7, 11) is 0. The Hall–Kier alpha value is -2.81. The zero-order valence-electron chi connectivity index (χ0n) is 14.9. The molecule has 1 atom stereocenters. The van der Waals surface area contributed by atoms with Crippen LogP contribution in [0.2, 0.25) is 0 Å². The van der Waals surface area contributed by atoms with Gasteiger partial charge in [-0.15, -0.1) is 27.0 Å². The second-order valence-electron chi connectivity index (χ2n) is 5.84. The molecule has 1 aliphatic heterocycles. The zero-order valence-corrected chi connectivity index (χ0v) is 15.7. The van der Waals surface area contributed by atoms with Crippen LogP contribution < -0.4 is 9.47 Å². The van der Waals surface area contributed by atoms with Gasteiger partial charge in [0.1, 0.15) is 6.61 Å². The summed E-state index contributed by atoms with van der Waals surface area (Å²) in [5.74, 6) is 3.86. The standard InChI is InChI=1S/C18H19N5O3S/c1-3-9-23-17(14-10-24-12-7-5-6-8-13(12)25-14)21-22-18(23)27-11-16-20-19-15(4-2)26-16/h3,5-8,14H,1,4,9-11H2,2H3/t14-/m0/s1. The Bertz CT molecular complexity index is 939. The van der Waals surface area contributed by atoms with Crippen LogP contribution in [-0.2, 0) is 18.7 Å². The summed E-state index contributed by atoms with van der Waals surface area (Å²) in [4.78, 5) is 0. The van der Waals surface area contributed by atoms with E-state index >= 15 is 0 Å². The van der Waals surface area contributed by atoms with Crippen LogP contribution in [0.3, 0.4) is 0 Å². The molecule has 3 aromatic rings. The van der Waals surface area contributed by atoms with Gasteiger partial charge in [-0.2, -0.15) is 0 Å². The van der Waals surface area contributed by atoms with Crippen LogP contribution in [0, 0.1) is 0 Å². The van der Waals surface area contributed by atoms with Crippen LogP contribution >= 0.6 is 11.8 Å². The van der Waals surface area contributed by atoms with Crippen molar-refractivity contribution < 1.29 is 13.9 Å². The van der Waals surface area contributed by atoms with E-state index in [0.717, 1.165) is 17.3 Å². The molecule has 0 radical (unpaired) electrons. The molecule has 0 N–H and O–H groups in total. The molecular formula is C18H19N5O3S. The van der Waals surface area contributed by atoms with E-state index in [9.17, 15) is 0 Å². The van der Waals surface area contributed by atoms with Crippen LogP contribution in [0.15, 0.2) is 46.5 Å². The second kappa shape index (κ2) is 7.83. The highest BCUT2D eigenvalue weighted by Gasteiger charge is 2.28. The van der Waals surface area contributed by atoms with Crippen molar-refractivity contribution in [1.82, 2.24) is 25.0 Å². The number of allylic oxidation sites excluding steroid dienone is 1. The van der Waals surface area contributed by atoms with E-state index in [0.29, 0.717) is 42.3 Å². The molecule has 0 saturated carbocycles. The minimum absolute atomic E-state index is 0.336. The Morgan fingerprint density at radius 2 is 2.00 bits per heavy atom. The molecule has 8 nitrogen and oxygen atoms in total. The predicted octanol–water partition coefficient (Wildman–Crippen LogP) is 3.21. The molecule has 140 valence electrons. The Kier molecular flexibility index (Phi) is 5.10. The first-order valence-electron chi connectivity index (χ1n) is 8.65. The topological polar surface area (TPSA) is 88.1 Å². The van der Waals surface area contributed by atoms with Crippen molar-refractivity contribution >= 4 is 11.8 Å². The predicted molar refractivity (Wildman–Crippen MR) is 98.8 cm³/mol. The third-order valence-corrected chi connectivity index (χ3v) is 4.94. The van der Waals surface area contributed by atoms with Gasteiger partial charge in [0.25, 0.3) is 0 Å². The number of benzene rings is 1. The van der Waals surface area contributed by atoms with Gasteiger partial charge in [0.2, 0.25) is 11.8 Å². The lowest BCUT2D eigenvalue weighted by atomic mass is 10.2. The van der Waals surface area contributed by atoms with E-state index in [1.54, 1.807) is 6.08 Å². The quantitative estimate of drug-likeness (QED) is 0.452. The van der Waals surface area contributed by atoms with E-state index in [1.807, 2.05) is 35.8 Å². The molecule has 0 spiro atoms. The SMILES string of the molecule is C=CCn1c(SCc2nnc(CC)o2)nnc1[C@@H]1COc2ccccc2O1. The number of rotatable bonds is 7. The first-order valence-corrected chi connectivity index (χ1v) is 9.63. The Morgan fingerprint density at radius 1 is 1.19 bits per heavy atom. The first kappa shape index (κ1) is 17.6. The highest BCUT2D eigenvalue weighted by molar-refractivity contribution is 7.98. The molecule has 0 fully saturated rings. The first-order chi connectivity index (χ1) is 13.3. The number of ether oxygens (including phenoxy) is 2. The van der Waals surface area contributed by atoms with Crippen LogP contribution in [0.25, 0.3) is 0 Å². The van der Waals surface area contributed by atoms with Gasteiger partial charge >= 0.3 is 0 Å². The normalized spacial score (nSPS) is 15.7. The van der Waals surface area contributed by atoms with Gasteiger partial charge in [0.15, 0.2) is 28.6 Å². The van der Waals surface area contributed by atoms with Crippen LogP contribution in [0.5, 0.6) is 11.5 Å². The third kappa shape index (κ3) is 3.68. The number of fused-ring (bicyclic) bond motifs is 1. The highest BCUT2D eigenvalue weighted by Crippen LogP contribution is 2.36. The van der Waals surface area contributed by atoms with Gasteiger partial charge < -0.3 is 13.9 Å². The van der Waals surface area contributed by atoms with E-state index in [2.05, 4.69) is 27.0 Å². The van der Waals surface area contributed by atoms with Gasteiger partial charge in [-0.3, -0.25) is 4.57 Å². The zero-order chi connectivity index (χ0) is 18.6. The third-order valence-electron chi connectivity index (χ3n) is 3.99. The molecule has 9 heteroatoms. The summed E-state index contributed by atoms with van der Waals surface area (Å²) in [6, 6.07) is 7.59. The number of hydrogen-bond acceptors (Lipinski definition) is 8. The molecule has 1 aliphatic rings. The molecule has 0 bridgehead atoms. The van der Waals surface area contributed by atoms with Gasteiger partial charge in [-0.1, -0.05) is 36.9 Å². The number of thioether (sulfide) groups is 1. The maximum absolute atomic E-state index is 6.07. The molecule has 2 aromatic heterocycles. The van der Waals surface area contributed by atoms with Crippen LogP contribution in [0.1, 0.15) is 30.6 Å². The van der Waals surface area contributed by atoms with Gasteiger partial charge in [-0.25, -0.2) is 0 Å². The van der Waals surface area contributed by atoms with Gasteiger partial charge in [0.05, 0.1) is 5.75 Å². The molecule has 0 amide bonds. The molecule has 1 aromatic carbocycles. The smallest absolute Gasteiger partial charge is 0.226 e. The van der Waals surface area contributed by atoms with E-state index in [4.69, 9.17) is 13.9 Å². The monoisotopic (exact) mass is 385 g/mol. The molecular weight excluding hydrogens is 366 g/mol. The fraction of sp³-hybridized carbons (Fsp3) is 0.333. The highest BCUT2D eigenvalue weighted by atomic mass is 32.2. The molecule has 0 saturated heterocycles. The Balaban J connectivity index is 1.53. The van der Waals surface area contributed by atoms with Crippen molar-refractivity contribution in [3.63, 3.8) is 0 Å². The van der Waals surface area contributed by atoms with Gasteiger partial charge in [0, 0.05) is 13.0 Å². The summed E-state index contributed by atoms with van der Waals surface area (Å²) in [6.07, 6.45) is 2.18. The van der Waals surface area contributed by atoms with Crippen molar-refractivity contribution in [3.05, 3.63) is 54.5 Å². The Labute approximate surface area is 160 Å². The maximum atomic E-state index is 6.07. The molecule has 4 rings (SSSR count). The summed E-state index contributed by atoms with van der Waals surface area (Å²) >= 11 is 1.48. The average molecular weight is 385 g/mol. The van der Waals surface area contributed by atoms with E-state index in [1.165, 1.54) is 11.8 Å². The summed E-state index contributed by atoms with van der Waals surface area (Å²) in [6.45, 7) is 6.75. The second-order valence-corrected chi connectivity index (χ2v) is 6.78. The minimum Gasteiger partial charge on any atom is -0.485 e. The average Bonchev–Trinajstić information content (AvgIpc) is 3.33. The lowest BCUT2D eigenvalue weighted by Gasteiger charge is -2.26. The van der Waals surface area contributed by atoms with Crippen LogP contribution in [0.4, 0.5) is 0 Å². The summed E-state index contributed by atoms with van der Waals surface area (Å²) < 4.78 is 19.4. The van der Waals surface area contributed by atoms with Crippen molar-refractivity contribution in [2.75, 3.05) is 6.61 Å². The summed E-state index contributed by atoms with van der Waals surface area (Å²) in [5.41, 5.74) is 0. The molecule has 0 aliphatic carbocycles.